The Balaban J connectivity index is 0.000000158. The van der Waals surface area contributed by atoms with Crippen molar-refractivity contribution in [2.75, 3.05) is 49.1 Å². The van der Waals surface area contributed by atoms with Crippen molar-refractivity contribution in [1.82, 2.24) is 59.2 Å². The zero-order valence-electron chi connectivity index (χ0n) is 53.0. The first kappa shape index (κ1) is 67.6. The number of amides is 6. The summed E-state index contributed by atoms with van der Waals surface area (Å²) < 4.78 is 103. The van der Waals surface area contributed by atoms with Crippen LogP contribution < -0.4 is 49.1 Å². The van der Waals surface area contributed by atoms with Gasteiger partial charge < -0.3 is 49.1 Å². The van der Waals surface area contributed by atoms with E-state index in [9.17, 15) is 45.1 Å². The molecule has 0 bridgehead atoms. The number of aryl methyl sites for hydroxylation is 2. The monoisotopic (exact) mass is 1330 g/mol. The zero-order valence-corrected chi connectivity index (χ0v) is 53.0. The van der Waals surface area contributed by atoms with Crippen molar-refractivity contribution in [3.63, 3.8) is 0 Å². The van der Waals surface area contributed by atoms with Crippen LogP contribution in [-0.2, 0) is 6.18 Å². The first-order valence-corrected chi connectivity index (χ1v) is 29.7. The number of hydrogen-bond donors (Lipinski definition) is 9. The van der Waals surface area contributed by atoms with Crippen LogP contribution in [0.3, 0.4) is 0 Å². The molecule has 0 aliphatic carbocycles. The minimum absolute atomic E-state index is 0.000647. The Kier molecular flexibility index (Phi) is 19.6. The van der Waals surface area contributed by atoms with E-state index in [0.717, 1.165) is 11.6 Å². The number of benzene rings is 6. The number of halogens is 7. The lowest BCUT2D eigenvalue weighted by Crippen LogP contribution is -2.20. The minimum Gasteiger partial charge on any atom is -0.383 e. The van der Waals surface area contributed by atoms with Crippen LogP contribution in [0.2, 0.25) is 0 Å². The highest BCUT2D eigenvalue weighted by Crippen LogP contribution is 2.38. The molecule has 0 fully saturated rings. The molecule has 12 rings (SSSR count). The van der Waals surface area contributed by atoms with Crippen molar-refractivity contribution >= 4 is 103 Å². The number of hydrogen-bond acceptors (Lipinski definition) is 15. The standard InChI is InChI=1S/C23H21F4N7O.C22H21F2N7O.C21H20FN7O/c1-11(2)34-21-18(20(28)29-10-30-21)19(33-34)13-5-7-17(16(24)8-13)32-22(35)31-14-6-4-12(3)15(9-14)23(25,26)27;1-11(2)31-21-18(20(25)26-10-27-21)19(30-31)13-5-7-16(15(24)9-13)28-22(32)29-17-8-12(3)4-6-14(17)23;1-12(2)29-20-17(19(23)24-11-25-20)18(28-29)15-9-8-14(10-16(15)22)27-21(30)26-13-6-4-3-5-7-13/h4-11H,1-3H3,(H2,28,29,30)(H2,31,32,35);4-11H,1-3H3,(H2,25,26,27)(H2,28,29,32);3-12H,1-2H3,(H2,23,24,25)(H2,26,27,30). The quantitative estimate of drug-likeness (QED) is 0.0513. The number of alkyl halides is 3. The van der Waals surface area contributed by atoms with Crippen LogP contribution in [0.25, 0.3) is 66.9 Å². The number of urea groups is 3. The third kappa shape index (κ3) is 15.0. The second-order valence-electron chi connectivity index (χ2n) is 22.7. The molecule has 31 heteroatoms. The van der Waals surface area contributed by atoms with Crippen molar-refractivity contribution in [1.29, 1.82) is 0 Å². The molecule has 6 aromatic carbocycles. The molecule has 97 heavy (non-hydrogen) atoms. The molecule has 0 aliphatic heterocycles. The van der Waals surface area contributed by atoms with Crippen LogP contribution in [0, 0.1) is 37.1 Å². The van der Waals surface area contributed by atoms with Gasteiger partial charge in [-0.3, -0.25) is 0 Å². The average molecular weight is 1330 g/mol. The maximum atomic E-state index is 15.0. The molecule has 12 aromatic rings. The molecule has 0 aliphatic rings. The van der Waals surface area contributed by atoms with Crippen LogP contribution >= 0.6 is 0 Å². The summed E-state index contributed by atoms with van der Waals surface area (Å²) in [5, 5.41) is 29.7. The third-order valence-electron chi connectivity index (χ3n) is 14.7. The Labute approximate surface area is 548 Å². The minimum atomic E-state index is -4.57. The maximum Gasteiger partial charge on any atom is 0.416 e. The Bertz CT molecular complexity index is 4960. The van der Waals surface area contributed by atoms with E-state index in [1.54, 1.807) is 69.5 Å². The Morgan fingerprint density at radius 3 is 1.31 bits per heavy atom. The predicted molar refractivity (Wildman–Crippen MR) is 358 cm³/mol. The first-order valence-electron chi connectivity index (χ1n) is 29.7. The lowest BCUT2D eigenvalue weighted by Gasteiger charge is -2.13. The predicted octanol–water partition coefficient (Wildman–Crippen LogP) is 15.1. The SMILES string of the molecule is CC(C)n1nc(-c2ccc(NC(=O)Nc3ccccc3)cc2F)c2c(N)ncnc21.Cc1ccc(F)c(NC(=O)Nc2ccc(-c3nn(C(C)C)c4ncnc(N)c34)cc2F)c1.Cc1ccc(NC(=O)Nc2ccc(-c3nn(C(C)C)c4ncnc(N)c34)cc2F)cc1C(F)(F)F. The van der Waals surface area contributed by atoms with Crippen LogP contribution in [0.5, 0.6) is 0 Å². The molecule has 0 atom stereocenters. The van der Waals surface area contributed by atoms with Crippen LogP contribution in [0.1, 0.15) is 76.4 Å². The normalized spacial score (nSPS) is 11.4. The van der Waals surface area contributed by atoms with E-state index in [-0.39, 0.29) is 69.5 Å². The fraction of sp³-hybridized carbons (Fsp3) is 0.182. The lowest BCUT2D eigenvalue weighted by molar-refractivity contribution is -0.138. The molecule has 0 saturated carbocycles. The van der Waals surface area contributed by atoms with Crippen LogP contribution in [-0.4, -0.2) is 77.3 Å². The van der Waals surface area contributed by atoms with Crippen LogP contribution in [0.4, 0.5) is 96.7 Å². The fourth-order valence-corrected chi connectivity index (χ4v) is 10.1. The molecule has 0 unspecified atom stereocenters. The number of nitrogens with zero attached hydrogens (tertiary/aromatic N) is 12. The number of aromatic nitrogens is 12. The number of fused-ring (bicyclic) bond motifs is 3. The number of anilines is 9. The first-order chi connectivity index (χ1) is 46.1. The number of nitrogens with one attached hydrogen (secondary N) is 6. The lowest BCUT2D eigenvalue weighted by atomic mass is 10.1. The highest BCUT2D eigenvalue weighted by atomic mass is 19.4. The van der Waals surface area contributed by atoms with Gasteiger partial charge in [0.15, 0.2) is 16.9 Å². The molecule has 0 spiro atoms. The summed E-state index contributed by atoms with van der Waals surface area (Å²) in [4.78, 5) is 61.5. The number of carbonyl (C=O) groups excluding carboxylic acids is 3. The van der Waals surface area contributed by atoms with Crippen LogP contribution in [0.15, 0.2) is 140 Å². The molecule has 6 aromatic heterocycles. The number of para-hydroxylation sites is 1. The van der Waals surface area contributed by atoms with Crippen molar-refractivity contribution in [3.8, 4) is 33.8 Å². The molecule has 0 saturated heterocycles. The molecular formula is C66H62F7N21O3. The second kappa shape index (κ2) is 28.1. The smallest absolute Gasteiger partial charge is 0.383 e. The van der Waals surface area contributed by atoms with Gasteiger partial charge in [-0.15, -0.1) is 0 Å². The average Bonchev–Trinajstić information content (AvgIpc) is 1.63. The van der Waals surface area contributed by atoms with Gasteiger partial charge in [-0.25, -0.2) is 75.9 Å². The number of nitrogens with two attached hydrogens (primary N) is 3. The summed E-state index contributed by atoms with van der Waals surface area (Å²) in [6.07, 6.45) is -0.538. The number of rotatable bonds is 12. The van der Waals surface area contributed by atoms with Crippen molar-refractivity contribution < 1.29 is 45.1 Å². The van der Waals surface area contributed by atoms with E-state index in [0.29, 0.717) is 72.7 Å². The van der Waals surface area contributed by atoms with Gasteiger partial charge in [0.05, 0.1) is 38.8 Å². The highest BCUT2D eigenvalue weighted by molar-refractivity contribution is 6.04. The molecule has 24 nitrogen and oxygen atoms in total. The number of carbonyl (C=O) groups is 3. The van der Waals surface area contributed by atoms with E-state index >= 15 is 0 Å². The largest absolute Gasteiger partial charge is 0.416 e. The summed E-state index contributed by atoms with van der Waals surface area (Å²) in [6, 6.07) is 27.1. The molecule has 498 valence electrons. The fourth-order valence-electron chi connectivity index (χ4n) is 10.1. The van der Waals surface area contributed by atoms with Gasteiger partial charge in [0.1, 0.15) is 76.8 Å². The Hall–Kier alpha value is -12.3. The summed E-state index contributed by atoms with van der Waals surface area (Å²) in [5.41, 5.74) is 22.5. The molecule has 12 N–H and O–H groups in total. The second-order valence-corrected chi connectivity index (χ2v) is 22.7. The van der Waals surface area contributed by atoms with Crippen molar-refractivity contribution in [2.24, 2.45) is 0 Å². The summed E-state index contributed by atoms with van der Waals surface area (Å²) in [6.45, 7) is 14.7. The number of nitrogen functional groups attached to an aromatic ring is 3. The van der Waals surface area contributed by atoms with Gasteiger partial charge >= 0.3 is 24.3 Å². The Morgan fingerprint density at radius 2 is 0.845 bits per heavy atom. The topological polar surface area (TPSA) is 332 Å². The van der Waals surface area contributed by atoms with Crippen molar-refractivity contribution in [3.05, 3.63) is 180 Å². The van der Waals surface area contributed by atoms with E-state index in [2.05, 4.69) is 77.1 Å². The van der Waals surface area contributed by atoms with E-state index in [1.807, 2.05) is 47.6 Å². The molecule has 0 radical (unpaired) electrons. The van der Waals surface area contributed by atoms with Gasteiger partial charge in [-0.2, -0.15) is 28.5 Å². The third-order valence-corrected chi connectivity index (χ3v) is 14.7. The van der Waals surface area contributed by atoms with E-state index in [1.165, 1.54) is 86.6 Å². The van der Waals surface area contributed by atoms with Gasteiger partial charge in [-0.1, -0.05) is 42.5 Å². The zero-order chi connectivity index (χ0) is 69.7. The highest BCUT2D eigenvalue weighted by Gasteiger charge is 2.33. The van der Waals surface area contributed by atoms with E-state index < -0.39 is 53.1 Å². The van der Waals surface area contributed by atoms with Gasteiger partial charge in [0, 0.05) is 51.9 Å². The Morgan fingerprint density at radius 1 is 0.423 bits per heavy atom. The summed E-state index contributed by atoms with van der Waals surface area (Å²) >= 11 is 0. The summed E-state index contributed by atoms with van der Waals surface area (Å²) in [5.74, 6) is -1.95. The van der Waals surface area contributed by atoms with Gasteiger partial charge in [0.25, 0.3) is 0 Å². The molecule has 6 heterocycles. The molecule has 6 amide bonds. The maximum absolute atomic E-state index is 15.0. The van der Waals surface area contributed by atoms with E-state index in [4.69, 9.17) is 17.2 Å². The van der Waals surface area contributed by atoms with Gasteiger partial charge in [0.2, 0.25) is 0 Å². The van der Waals surface area contributed by atoms with Gasteiger partial charge in [-0.05, 0) is 145 Å². The summed E-state index contributed by atoms with van der Waals surface area (Å²) in [7, 11) is 0. The van der Waals surface area contributed by atoms with Crippen molar-refractivity contribution in [2.45, 2.75) is 79.7 Å². The molecular weight excluding hydrogens is 1270 g/mol.